The van der Waals surface area contributed by atoms with Gasteiger partial charge in [-0.1, -0.05) is 38.4 Å². The molecule has 29 heavy (non-hydrogen) atoms. The molecule has 1 aliphatic rings. The second kappa shape index (κ2) is 8.88. The van der Waals surface area contributed by atoms with Crippen LogP contribution in [0.25, 0.3) is 0 Å². The molecule has 2 rings (SSSR count). The molecule has 0 saturated heterocycles. The number of carbonyl (C=O) groups is 2. The molecule has 0 spiro atoms. The Kier molecular flexibility index (Phi) is 7.18. The Morgan fingerprint density at radius 1 is 1.31 bits per heavy atom. The highest BCUT2D eigenvalue weighted by Crippen LogP contribution is 2.47. The van der Waals surface area contributed by atoms with Gasteiger partial charge >= 0.3 is 0 Å². The Morgan fingerprint density at radius 2 is 1.93 bits per heavy atom. The van der Waals surface area contributed by atoms with E-state index >= 15 is 0 Å². The summed E-state index contributed by atoms with van der Waals surface area (Å²) in [5.41, 5.74) is 0.887. The number of allylic oxidation sites excluding steroid dienone is 1. The van der Waals surface area contributed by atoms with Gasteiger partial charge in [-0.3, -0.25) is 9.59 Å². The van der Waals surface area contributed by atoms with Crippen molar-refractivity contribution in [1.82, 2.24) is 0 Å². The fourth-order valence-corrected chi connectivity index (χ4v) is 4.49. The minimum Gasteiger partial charge on any atom is -0.507 e. The summed E-state index contributed by atoms with van der Waals surface area (Å²) in [6, 6.07) is 0. The molecule has 1 aromatic rings. The van der Waals surface area contributed by atoms with Crippen LogP contribution in [0.2, 0.25) is 5.02 Å². The zero-order chi connectivity index (χ0) is 22.1. The molecule has 0 aromatic heterocycles. The summed E-state index contributed by atoms with van der Waals surface area (Å²) in [7, 11) is 0. The maximum absolute atomic E-state index is 12.2. The Balaban J connectivity index is 2.25. The summed E-state index contributed by atoms with van der Waals surface area (Å²) in [4.78, 5) is 23.5. The number of phenols is 2. The van der Waals surface area contributed by atoms with E-state index in [1.807, 2.05) is 6.92 Å². The fourth-order valence-electron chi connectivity index (χ4n) is 4.27. The van der Waals surface area contributed by atoms with Crippen molar-refractivity contribution >= 4 is 23.7 Å². The summed E-state index contributed by atoms with van der Waals surface area (Å²) in [5, 5.41) is 31.5. The molecule has 0 bridgehead atoms. The largest absolute Gasteiger partial charge is 0.507 e. The van der Waals surface area contributed by atoms with Crippen molar-refractivity contribution < 1.29 is 24.9 Å². The normalized spacial score (nSPS) is 26.4. The lowest BCUT2D eigenvalue weighted by Crippen LogP contribution is -2.43. The second-order valence-corrected chi connectivity index (χ2v) is 9.03. The number of hydrogen-bond donors (Lipinski definition) is 3. The van der Waals surface area contributed by atoms with E-state index in [9.17, 15) is 24.9 Å². The predicted octanol–water partition coefficient (Wildman–Crippen LogP) is 4.75. The molecule has 6 heteroatoms. The summed E-state index contributed by atoms with van der Waals surface area (Å²) < 4.78 is 0. The van der Waals surface area contributed by atoms with Crippen LogP contribution in [0.15, 0.2) is 11.6 Å². The molecular weight excluding hydrogens is 392 g/mol. The van der Waals surface area contributed by atoms with Gasteiger partial charge in [0.2, 0.25) is 0 Å². The van der Waals surface area contributed by atoms with Gasteiger partial charge in [0.25, 0.3) is 0 Å². The molecular formula is C23H31ClO5. The Labute approximate surface area is 177 Å². The SMILES string of the molecule is CC(=CCc1c(O)c(Cl)c(C)c(C=O)c1O)C(O)CC1(C)C(C)CCC(=O)C1C. The number of ketones is 1. The number of halogens is 1. The molecule has 5 nitrogen and oxygen atoms in total. The summed E-state index contributed by atoms with van der Waals surface area (Å²) >= 11 is 6.09. The van der Waals surface area contributed by atoms with E-state index in [1.54, 1.807) is 19.9 Å². The number of hydrogen-bond acceptors (Lipinski definition) is 5. The van der Waals surface area contributed by atoms with Crippen molar-refractivity contribution in [2.75, 3.05) is 0 Å². The van der Waals surface area contributed by atoms with Gasteiger partial charge < -0.3 is 15.3 Å². The Morgan fingerprint density at radius 3 is 2.52 bits per heavy atom. The molecule has 160 valence electrons. The number of Topliss-reactive ketones (excluding diaryl/α,β-unsaturated/α-hetero) is 1. The lowest BCUT2D eigenvalue weighted by molar-refractivity contribution is -0.133. The maximum Gasteiger partial charge on any atom is 0.154 e. The second-order valence-electron chi connectivity index (χ2n) is 8.65. The lowest BCUT2D eigenvalue weighted by atomic mass is 9.59. The van der Waals surface area contributed by atoms with Gasteiger partial charge in [0, 0.05) is 17.9 Å². The van der Waals surface area contributed by atoms with Gasteiger partial charge in [0.15, 0.2) is 6.29 Å². The zero-order valence-electron chi connectivity index (χ0n) is 17.8. The first-order chi connectivity index (χ1) is 13.5. The van der Waals surface area contributed by atoms with E-state index in [0.29, 0.717) is 36.2 Å². The highest BCUT2D eigenvalue weighted by molar-refractivity contribution is 6.33. The van der Waals surface area contributed by atoms with Crippen molar-refractivity contribution in [1.29, 1.82) is 0 Å². The summed E-state index contributed by atoms with van der Waals surface area (Å²) in [6.45, 7) is 9.45. The summed E-state index contributed by atoms with van der Waals surface area (Å²) in [6.07, 6.45) is 3.45. The van der Waals surface area contributed by atoms with E-state index in [2.05, 4.69) is 13.8 Å². The lowest BCUT2D eigenvalue weighted by Gasteiger charge is -2.45. The van der Waals surface area contributed by atoms with Gasteiger partial charge in [0.1, 0.15) is 17.3 Å². The first-order valence-electron chi connectivity index (χ1n) is 10.0. The van der Waals surface area contributed by atoms with E-state index < -0.39 is 6.10 Å². The van der Waals surface area contributed by atoms with E-state index in [1.165, 1.54) is 0 Å². The van der Waals surface area contributed by atoms with Gasteiger partial charge in [-0.2, -0.15) is 0 Å². The smallest absolute Gasteiger partial charge is 0.154 e. The molecule has 4 unspecified atom stereocenters. The number of benzene rings is 1. The van der Waals surface area contributed by atoms with E-state index in [0.717, 1.165) is 6.42 Å². The third-order valence-corrected chi connectivity index (χ3v) is 7.56. The van der Waals surface area contributed by atoms with Crippen LogP contribution < -0.4 is 0 Å². The molecule has 1 saturated carbocycles. The van der Waals surface area contributed by atoms with Crippen LogP contribution in [0.1, 0.15) is 68.4 Å². The maximum atomic E-state index is 12.2. The van der Waals surface area contributed by atoms with Gasteiger partial charge in [0.05, 0.1) is 16.7 Å². The van der Waals surface area contributed by atoms with Crippen LogP contribution in [-0.4, -0.2) is 33.5 Å². The van der Waals surface area contributed by atoms with Crippen molar-refractivity contribution in [2.45, 2.75) is 66.4 Å². The number of phenolic OH excluding ortho intramolecular Hbond substituents is 2. The molecule has 0 radical (unpaired) electrons. The quantitative estimate of drug-likeness (QED) is 0.454. The van der Waals surface area contributed by atoms with E-state index in [-0.39, 0.29) is 51.2 Å². The monoisotopic (exact) mass is 422 g/mol. The average molecular weight is 423 g/mol. The highest BCUT2D eigenvalue weighted by atomic mass is 35.5. The number of rotatable bonds is 6. The van der Waals surface area contributed by atoms with Crippen molar-refractivity contribution in [3.05, 3.63) is 33.4 Å². The average Bonchev–Trinajstić information content (AvgIpc) is 2.68. The number of aliphatic hydroxyl groups is 1. The van der Waals surface area contributed by atoms with Crippen LogP contribution in [0, 0.1) is 24.2 Å². The Bertz CT molecular complexity index is 844. The van der Waals surface area contributed by atoms with Crippen molar-refractivity contribution in [3.8, 4) is 11.5 Å². The van der Waals surface area contributed by atoms with Crippen LogP contribution >= 0.6 is 11.6 Å². The topological polar surface area (TPSA) is 94.8 Å². The van der Waals surface area contributed by atoms with Crippen LogP contribution in [0.4, 0.5) is 0 Å². The highest BCUT2D eigenvalue weighted by Gasteiger charge is 2.44. The molecule has 1 aromatic carbocycles. The third kappa shape index (κ3) is 4.36. The fraction of sp³-hybridized carbons (Fsp3) is 0.565. The predicted molar refractivity (Wildman–Crippen MR) is 114 cm³/mol. The van der Waals surface area contributed by atoms with Gasteiger partial charge in [-0.25, -0.2) is 0 Å². The van der Waals surface area contributed by atoms with E-state index in [4.69, 9.17) is 11.6 Å². The number of aliphatic hydroxyl groups excluding tert-OH is 1. The molecule has 3 N–H and O–H groups in total. The van der Waals surface area contributed by atoms with Crippen LogP contribution in [-0.2, 0) is 11.2 Å². The van der Waals surface area contributed by atoms with Crippen molar-refractivity contribution in [3.63, 3.8) is 0 Å². The van der Waals surface area contributed by atoms with Crippen molar-refractivity contribution in [2.24, 2.45) is 17.3 Å². The molecule has 4 atom stereocenters. The minimum atomic E-state index is -0.758. The van der Waals surface area contributed by atoms with Crippen LogP contribution in [0.3, 0.4) is 0 Å². The molecule has 1 fully saturated rings. The first kappa shape index (κ1) is 23.4. The molecule has 1 aliphatic carbocycles. The van der Waals surface area contributed by atoms with Crippen LogP contribution in [0.5, 0.6) is 11.5 Å². The number of carbonyl (C=O) groups excluding carboxylic acids is 2. The summed E-state index contributed by atoms with van der Waals surface area (Å²) in [5.74, 6) is -0.127. The van der Waals surface area contributed by atoms with Gasteiger partial charge in [-0.15, -0.1) is 0 Å². The van der Waals surface area contributed by atoms with Gasteiger partial charge in [-0.05, 0) is 55.6 Å². The first-order valence-corrected chi connectivity index (χ1v) is 10.4. The molecule has 0 heterocycles. The third-order valence-electron chi connectivity index (χ3n) is 7.09. The molecule has 0 amide bonds. The number of aldehydes is 1. The standard InChI is InChI=1S/C23H31ClO5/c1-12(19(27)10-23(5)13(2)7-9-18(26)15(23)4)6-8-16-21(28)17(11-25)14(3)20(24)22(16)29/h6,11,13,15,19,27-29H,7-10H2,1-5H3. The minimum absolute atomic E-state index is 0.0300. The zero-order valence-corrected chi connectivity index (χ0v) is 18.5. The molecule has 0 aliphatic heterocycles. The number of aromatic hydroxyl groups is 2. The Hall–Kier alpha value is -1.85.